The van der Waals surface area contributed by atoms with Crippen molar-refractivity contribution in [3.05, 3.63) is 261 Å². The Hall–Kier alpha value is -8.00. The molecule has 0 spiro atoms. The second kappa shape index (κ2) is 17.1. The van der Waals surface area contributed by atoms with Crippen molar-refractivity contribution in [1.82, 2.24) is 0 Å². The lowest BCUT2D eigenvalue weighted by Gasteiger charge is -2.29. The standard InChI is InChI=1S/C60H43N/c1-4-17-44(18-5-1)46-31-33-47(34-32-46)48-35-39-53(40-36-48)61(54-41-37-49(38-42-54)52-24-16-23-51(43-52)45-19-6-2-7-20-45)60-30-15-14-29-59(60)58-28-13-12-27-57(58)56-26-11-10-25-55(56)50-21-8-3-9-22-50/h1-43H. The number of nitrogens with zero attached hydrogens (tertiary/aromatic N) is 1. The molecule has 0 aliphatic heterocycles. The maximum Gasteiger partial charge on any atom is 0.0540 e. The molecule has 0 saturated carbocycles. The highest BCUT2D eigenvalue weighted by atomic mass is 15.1. The summed E-state index contributed by atoms with van der Waals surface area (Å²) in [5, 5.41) is 0. The van der Waals surface area contributed by atoms with E-state index in [1.165, 1.54) is 72.3 Å². The zero-order valence-corrected chi connectivity index (χ0v) is 33.8. The van der Waals surface area contributed by atoms with E-state index in [0.717, 1.165) is 22.6 Å². The van der Waals surface area contributed by atoms with Gasteiger partial charge in [0.15, 0.2) is 0 Å². The number of para-hydroxylation sites is 1. The van der Waals surface area contributed by atoms with Gasteiger partial charge < -0.3 is 4.90 Å². The highest BCUT2D eigenvalue weighted by Gasteiger charge is 2.20. The van der Waals surface area contributed by atoms with E-state index in [1.807, 2.05) is 0 Å². The number of hydrogen-bond donors (Lipinski definition) is 0. The van der Waals surface area contributed by atoms with Gasteiger partial charge in [0.25, 0.3) is 0 Å². The van der Waals surface area contributed by atoms with Crippen LogP contribution in [-0.2, 0) is 0 Å². The Bertz CT molecular complexity index is 3020. The van der Waals surface area contributed by atoms with Crippen LogP contribution in [0, 0.1) is 0 Å². The van der Waals surface area contributed by atoms with E-state index in [4.69, 9.17) is 0 Å². The molecule has 0 atom stereocenters. The summed E-state index contributed by atoms with van der Waals surface area (Å²) >= 11 is 0. The SMILES string of the molecule is c1ccc(-c2ccc(-c3ccc(N(c4ccc(-c5cccc(-c6ccccc6)c5)cc4)c4ccccc4-c4ccccc4-c4ccccc4-c4ccccc4)cc3)cc2)cc1. The monoisotopic (exact) mass is 777 g/mol. The van der Waals surface area contributed by atoms with Gasteiger partial charge in [0.05, 0.1) is 5.69 Å². The van der Waals surface area contributed by atoms with E-state index in [0.29, 0.717) is 0 Å². The van der Waals surface area contributed by atoms with Gasteiger partial charge in [-0.05, 0) is 109 Å². The molecular formula is C60H43N. The quantitative estimate of drug-likeness (QED) is 0.134. The van der Waals surface area contributed by atoms with Crippen LogP contribution in [0.2, 0.25) is 0 Å². The molecule has 0 amide bonds. The van der Waals surface area contributed by atoms with Gasteiger partial charge in [-0.15, -0.1) is 0 Å². The molecule has 0 radical (unpaired) electrons. The molecule has 0 aromatic heterocycles. The summed E-state index contributed by atoms with van der Waals surface area (Å²) in [5.41, 5.74) is 20.0. The van der Waals surface area contributed by atoms with Crippen LogP contribution in [0.25, 0.3) is 77.9 Å². The average Bonchev–Trinajstić information content (AvgIpc) is 3.36. The third kappa shape index (κ3) is 7.81. The lowest BCUT2D eigenvalue weighted by Crippen LogP contribution is -2.11. The van der Waals surface area contributed by atoms with Gasteiger partial charge in [-0.1, -0.05) is 224 Å². The molecule has 0 aliphatic carbocycles. The Morgan fingerprint density at radius 3 is 0.967 bits per heavy atom. The molecular weight excluding hydrogens is 735 g/mol. The summed E-state index contributed by atoms with van der Waals surface area (Å²) in [6.45, 7) is 0. The van der Waals surface area contributed by atoms with E-state index < -0.39 is 0 Å². The van der Waals surface area contributed by atoms with Gasteiger partial charge in [0, 0.05) is 16.9 Å². The van der Waals surface area contributed by atoms with Crippen LogP contribution in [0.5, 0.6) is 0 Å². The number of rotatable bonds is 10. The second-order valence-electron chi connectivity index (χ2n) is 15.3. The van der Waals surface area contributed by atoms with Gasteiger partial charge in [-0.3, -0.25) is 0 Å². The topological polar surface area (TPSA) is 3.24 Å². The first-order valence-electron chi connectivity index (χ1n) is 20.9. The molecule has 10 rings (SSSR count). The van der Waals surface area contributed by atoms with Crippen molar-refractivity contribution in [2.45, 2.75) is 0 Å². The van der Waals surface area contributed by atoms with Crippen molar-refractivity contribution in [1.29, 1.82) is 0 Å². The first kappa shape index (κ1) is 37.3. The molecule has 10 aromatic rings. The Kier molecular flexibility index (Phi) is 10.4. The average molecular weight is 778 g/mol. The summed E-state index contributed by atoms with van der Waals surface area (Å²) in [5.74, 6) is 0. The third-order valence-electron chi connectivity index (χ3n) is 11.5. The predicted octanol–water partition coefficient (Wildman–Crippen LogP) is 16.8. The first-order valence-corrected chi connectivity index (χ1v) is 20.9. The third-order valence-corrected chi connectivity index (χ3v) is 11.5. The molecule has 0 heterocycles. The Labute approximate surface area is 359 Å². The van der Waals surface area contributed by atoms with Gasteiger partial charge in [0.2, 0.25) is 0 Å². The minimum Gasteiger partial charge on any atom is -0.310 e. The molecule has 0 unspecified atom stereocenters. The summed E-state index contributed by atoms with van der Waals surface area (Å²) in [6, 6.07) is 93.9. The molecule has 0 saturated heterocycles. The van der Waals surface area contributed by atoms with Crippen LogP contribution in [0.15, 0.2) is 261 Å². The van der Waals surface area contributed by atoms with Gasteiger partial charge in [0.1, 0.15) is 0 Å². The minimum absolute atomic E-state index is 1.08. The fourth-order valence-corrected chi connectivity index (χ4v) is 8.46. The number of anilines is 3. The van der Waals surface area contributed by atoms with Crippen LogP contribution in [0.3, 0.4) is 0 Å². The molecule has 10 aromatic carbocycles. The summed E-state index contributed by atoms with van der Waals surface area (Å²) in [4.78, 5) is 2.40. The van der Waals surface area contributed by atoms with Crippen LogP contribution in [0.1, 0.15) is 0 Å². The fourth-order valence-electron chi connectivity index (χ4n) is 8.46. The van der Waals surface area contributed by atoms with Gasteiger partial charge in [-0.2, -0.15) is 0 Å². The number of hydrogen-bond acceptors (Lipinski definition) is 1. The van der Waals surface area contributed by atoms with Crippen molar-refractivity contribution in [2.24, 2.45) is 0 Å². The summed E-state index contributed by atoms with van der Waals surface area (Å²) in [6.07, 6.45) is 0. The van der Waals surface area contributed by atoms with Crippen molar-refractivity contribution in [3.8, 4) is 77.9 Å². The fraction of sp³-hybridized carbons (Fsp3) is 0. The molecule has 1 heteroatoms. The molecule has 0 N–H and O–H groups in total. The zero-order chi connectivity index (χ0) is 40.8. The van der Waals surface area contributed by atoms with Crippen LogP contribution < -0.4 is 4.90 Å². The van der Waals surface area contributed by atoms with E-state index in [9.17, 15) is 0 Å². The summed E-state index contributed by atoms with van der Waals surface area (Å²) < 4.78 is 0. The zero-order valence-electron chi connectivity index (χ0n) is 33.8. The smallest absolute Gasteiger partial charge is 0.0540 e. The molecule has 0 bridgehead atoms. The van der Waals surface area contributed by atoms with Crippen LogP contribution in [-0.4, -0.2) is 0 Å². The Balaban J connectivity index is 1.07. The highest BCUT2D eigenvalue weighted by Crippen LogP contribution is 2.45. The van der Waals surface area contributed by atoms with Crippen LogP contribution in [0.4, 0.5) is 17.1 Å². The summed E-state index contributed by atoms with van der Waals surface area (Å²) in [7, 11) is 0. The Morgan fingerprint density at radius 2 is 0.475 bits per heavy atom. The van der Waals surface area contributed by atoms with E-state index >= 15 is 0 Å². The highest BCUT2D eigenvalue weighted by molar-refractivity contribution is 5.97. The molecule has 61 heavy (non-hydrogen) atoms. The van der Waals surface area contributed by atoms with E-state index in [2.05, 4.69) is 266 Å². The Morgan fingerprint density at radius 1 is 0.180 bits per heavy atom. The van der Waals surface area contributed by atoms with Crippen molar-refractivity contribution >= 4 is 17.1 Å². The lowest BCUT2D eigenvalue weighted by atomic mass is 9.88. The molecule has 0 fully saturated rings. The number of benzene rings is 10. The van der Waals surface area contributed by atoms with Crippen molar-refractivity contribution in [2.75, 3.05) is 4.90 Å². The maximum absolute atomic E-state index is 2.40. The normalized spacial score (nSPS) is 11.0. The molecule has 0 aliphatic rings. The largest absolute Gasteiger partial charge is 0.310 e. The first-order chi connectivity index (χ1) is 30.3. The van der Waals surface area contributed by atoms with Gasteiger partial charge in [-0.25, -0.2) is 0 Å². The molecule has 1 nitrogen and oxygen atoms in total. The maximum atomic E-state index is 2.40. The minimum atomic E-state index is 1.08. The van der Waals surface area contributed by atoms with Gasteiger partial charge >= 0.3 is 0 Å². The van der Waals surface area contributed by atoms with E-state index in [-0.39, 0.29) is 0 Å². The van der Waals surface area contributed by atoms with Crippen molar-refractivity contribution < 1.29 is 0 Å². The predicted molar refractivity (Wildman–Crippen MR) is 259 cm³/mol. The second-order valence-corrected chi connectivity index (χ2v) is 15.3. The molecule has 288 valence electrons. The lowest BCUT2D eigenvalue weighted by molar-refractivity contribution is 1.28. The van der Waals surface area contributed by atoms with Crippen LogP contribution >= 0.6 is 0 Å². The van der Waals surface area contributed by atoms with Crippen molar-refractivity contribution in [3.63, 3.8) is 0 Å². The van der Waals surface area contributed by atoms with E-state index in [1.54, 1.807) is 0 Å².